The molecule has 0 atom stereocenters. The summed E-state index contributed by atoms with van der Waals surface area (Å²) >= 11 is 6.17. The van der Waals surface area contributed by atoms with Crippen LogP contribution in [0.5, 0.6) is 0 Å². The highest BCUT2D eigenvalue weighted by atomic mass is 35.5. The fourth-order valence-electron chi connectivity index (χ4n) is 2.35. The summed E-state index contributed by atoms with van der Waals surface area (Å²) in [5.74, 6) is 0.896. The zero-order valence-electron chi connectivity index (χ0n) is 12.3. The highest BCUT2D eigenvalue weighted by Crippen LogP contribution is 2.22. The molecule has 0 bridgehead atoms. The molecule has 22 heavy (non-hydrogen) atoms. The summed E-state index contributed by atoms with van der Waals surface area (Å²) in [6.45, 7) is 3.67. The van der Waals surface area contributed by atoms with Gasteiger partial charge in [-0.05, 0) is 49.8 Å². The molecule has 0 amide bonds. The third kappa shape index (κ3) is 2.81. The van der Waals surface area contributed by atoms with Gasteiger partial charge in [-0.2, -0.15) is 0 Å². The summed E-state index contributed by atoms with van der Waals surface area (Å²) in [4.78, 5) is 16.5. The predicted octanol–water partition coefficient (Wildman–Crippen LogP) is 4.99. The van der Waals surface area contributed by atoms with Gasteiger partial charge in [-0.3, -0.25) is 4.79 Å². The van der Waals surface area contributed by atoms with Crippen LogP contribution in [0.25, 0.3) is 17.0 Å². The van der Waals surface area contributed by atoms with Crippen molar-refractivity contribution in [3.8, 4) is 0 Å². The Bertz CT molecular complexity index is 893. The van der Waals surface area contributed by atoms with Crippen LogP contribution >= 0.6 is 11.6 Å². The van der Waals surface area contributed by atoms with Crippen LogP contribution in [-0.4, -0.2) is 10.8 Å². The smallest absolute Gasteiger partial charge is 0.221 e. The number of furan rings is 1. The molecule has 0 aliphatic rings. The first-order valence-corrected chi connectivity index (χ1v) is 7.27. The summed E-state index contributed by atoms with van der Waals surface area (Å²) in [6, 6.07) is 11.4. The standard InChI is InChI=1S/C18H14ClNO2/c1-11-9-12(2)22-17(11)16(21)8-7-14-10-13-5-3-4-6-15(13)20-18(14)19/h3-10H,1-2H3/b8-7+. The average Bonchev–Trinajstić information content (AvgIpc) is 2.83. The molecule has 1 aromatic carbocycles. The highest BCUT2D eigenvalue weighted by molar-refractivity contribution is 6.31. The molecule has 0 unspecified atom stereocenters. The molecule has 0 saturated carbocycles. The van der Waals surface area contributed by atoms with Crippen LogP contribution in [-0.2, 0) is 0 Å². The van der Waals surface area contributed by atoms with Gasteiger partial charge in [0.2, 0.25) is 5.78 Å². The number of carbonyl (C=O) groups is 1. The van der Waals surface area contributed by atoms with Crippen molar-refractivity contribution in [2.75, 3.05) is 0 Å². The zero-order valence-corrected chi connectivity index (χ0v) is 13.0. The number of aromatic nitrogens is 1. The zero-order chi connectivity index (χ0) is 15.7. The first-order valence-electron chi connectivity index (χ1n) is 6.89. The molecular formula is C18H14ClNO2. The molecule has 0 aliphatic heterocycles. The summed E-state index contributed by atoms with van der Waals surface area (Å²) in [7, 11) is 0. The Morgan fingerprint density at radius 2 is 2.00 bits per heavy atom. The third-order valence-corrected chi connectivity index (χ3v) is 3.69. The van der Waals surface area contributed by atoms with Crippen LogP contribution in [0, 0.1) is 13.8 Å². The summed E-state index contributed by atoms with van der Waals surface area (Å²) < 4.78 is 5.42. The van der Waals surface area contributed by atoms with E-state index in [0.717, 1.165) is 22.2 Å². The Kier molecular flexibility index (Phi) is 3.82. The maximum atomic E-state index is 12.2. The van der Waals surface area contributed by atoms with Crippen LogP contribution in [0.1, 0.15) is 27.4 Å². The van der Waals surface area contributed by atoms with E-state index in [2.05, 4.69) is 4.98 Å². The van der Waals surface area contributed by atoms with Gasteiger partial charge >= 0.3 is 0 Å². The Balaban J connectivity index is 1.93. The van der Waals surface area contributed by atoms with E-state index < -0.39 is 0 Å². The number of fused-ring (bicyclic) bond motifs is 1. The first kappa shape index (κ1) is 14.5. The van der Waals surface area contributed by atoms with Gasteiger partial charge in [-0.15, -0.1) is 0 Å². The SMILES string of the molecule is Cc1cc(C)c(C(=O)/C=C/c2cc3ccccc3nc2Cl)o1. The number of hydrogen-bond acceptors (Lipinski definition) is 3. The molecule has 0 aliphatic carbocycles. The second-order valence-corrected chi connectivity index (χ2v) is 5.49. The van der Waals surface area contributed by atoms with E-state index in [1.165, 1.54) is 6.08 Å². The number of carbonyl (C=O) groups excluding carboxylic acids is 1. The van der Waals surface area contributed by atoms with Crippen LogP contribution in [0.2, 0.25) is 5.15 Å². The Hall–Kier alpha value is -2.39. The van der Waals surface area contributed by atoms with Crippen LogP contribution < -0.4 is 0 Å². The van der Waals surface area contributed by atoms with Crippen molar-refractivity contribution in [1.82, 2.24) is 4.98 Å². The predicted molar refractivity (Wildman–Crippen MR) is 88.3 cm³/mol. The van der Waals surface area contributed by atoms with E-state index in [-0.39, 0.29) is 5.78 Å². The quantitative estimate of drug-likeness (QED) is 0.388. The lowest BCUT2D eigenvalue weighted by Crippen LogP contribution is -1.94. The van der Waals surface area contributed by atoms with Crippen LogP contribution in [0.3, 0.4) is 0 Å². The molecule has 3 rings (SSSR count). The maximum Gasteiger partial charge on any atom is 0.221 e. The number of benzene rings is 1. The summed E-state index contributed by atoms with van der Waals surface area (Å²) in [6.07, 6.45) is 3.13. The molecular weight excluding hydrogens is 298 g/mol. The van der Waals surface area contributed by atoms with Crippen LogP contribution in [0.4, 0.5) is 0 Å². The number of para-hydroxylation sites is 1. The van der Waals surface area contributed by atoms with Gasteiger partial charge in [0.05, 0.1) is 5.52 Å². The largest absolute Gasteiger partial charge is 0.458 e. The lowest BCUT2D eigenvalue weighted by atomic mass is 10.1. The van der Waals surface area contributed by atoms with E-state index in [1.54, 1.807) is 6.08 Å². The topological polar surface area (TPSA) is 43.1 Å². The van der Waals surface area contributed by atoms with Crippen molar-refractivity contribution < 1.29 is 9.21 Å². The van der Waals surface area contributed by atoms with Gasteiger partial charge in [0.15, 0.2) is 5.76 Å². The monoisotopic (exact) mass is 311 g/mol. The molecule has 0 N–H and O–H groups in total. The number of nitrogens with zero attached hydrogens (tertiary/aromatic N) is 1. The van der Waals surface area contributed by atoms with Crippen molar-refractivity contribution in [2.24, 2.45) is 0 Å². The van der Waals surface area contributed by atoms with Crippen LogP contribution in [0.15, 0.2) is 46.9 Å². The van der Waals surface area contributed by atoms with Gasteiger partial charge in [0.25, 0.3) is 0 Å². The minimum absolute atomic E-state index is 0.185. The number of hydrogen-bond donors (Lipinski definition) is 0. The molecule has 110 valence electrons. The van der Waals surface area contributed by atoms with Gasteiger partial charge < -0.3 is 4.42 Å². The van der Waals surface area contributed by atoms with Crippen molar-refractivity contribution in [3.63, 3.8) is 0 Å². The van der Waals surface area contributed by atoms with Crippen molar-refractivity contribution >= 4 is 34.4 Å². The fourth-order valence-corrected chi connectivity index (χ4v) is 2.56. The molecule has 0 radical (unpaired) electrons. The normalized spacial score (nSPS) is 11.4. The molecule has 2 aromatic heterocycles. The highest BCUT2D eigenvalue weighted by Gasteiger charge is 2.11. The lowest BCUT2D eigenvalue weighted by Gasteiger charge is -2.01. The minimum Gasteiger partial charge on any atom is -0.458 e. The number of halogens is 1. The number of allylic oxidation sites excluding steroid dienone is 1. The van der Waals surface area contributed by atoms with E-state index in [9.17, 15) is 4.79 Å². The number of ketones is 1. The van der Waals surface area contributed by atoms with Gasteiger partial charge in [-0.1, -0.05) is 29.8 Å². The van der Waals surface area contributed by atoms with Gasteiger partial charge in [0.1, 0.15) is 10.9 Å². The van der Waals surface area contributed by atoms with E-state index in [4.69, 9.17) is 16.0 Å². The maximum absolute atomic E-state index is 12.2. The van der Waals surface area contributed by atoms with E-state index in [0.29, 0.717) is 16.5 Å². The molecule has 3 nitrogen and oxygen atoms in total. The Morgan fingerprint density at radius 1 is 1.23 bits per heavy atom. The second kappa shape index (κ2) is 5.78. The Morgan fingerprint density at radius 3 is 2.73 bits per heavy atom. The van der Waals surface area contributed by atoms with Crippen molar-refractivity contribution in [3.05, 3.63) is 70.3 Å². The molecule has 3 aromatic rings. The van der Waals surface area contributed by atoms with Gasteiger partial charge in [0, 0.05) is 10.9 Å². The lowest BCUT2D eigenvalue weighted by molar-refractivity contribution is 0.102. The van der Waals surface area contributed by atoms with Crippen molar-refractivity contribution in [1.29, 1.82) is 0 Å². The number of rotatable bonds is 3. The Labute approximate surface area is 133 Å². The first-order chi connectivity index (χ1) is 10.5. The second-order valence-electron chi connectivity index (χ2n) is 5.13. The molecule has 4 heteroatoms. The number of aryl methyl sites for hydroxylation is 2. The van der Waals surface area contributed by atoms with Crippen molar-refractivity contribution in [2.45, 2.75) is 13.8 Å². The average molecular weight is 312 g/mol. The van der Waals surface area contributed by atoms with E-state index >= 15 is 0 Å². The molecule has 0 saturated heterocycles. The molecule has 0 fully saturated rings. The van der Waals surface area contributed by atoms with E-state index in [1.807, 2.05) is 50.2 Å². The number of pyridine rings is 1. The fraction of sp³-hybridized carbons (Fsp3) is 0.111. The minimum atomic E-state index is -0.185. The molecule has 0 spiro atoms. The van der Waals surface area contributed by atoms with Gasteiger partial charge in [-0.25, -0.2) is 4.98 Å². The summed E-state index contributed by atoms with van der Waals surface area (Å²) in [5, 5.41) is 1.35. The molecule has 2 heterocycles. The summed E-state index contributed by atoms with van der Waals surface area (Å²) in [5.41, 5.74) is 2.36. The third-order valence-electron chi connectivity index (χ3n) is 3.38.